The van der Waals surface area contributed by atoms with Crippen molar-refractivity contribution in [1.82, 2.24) is 0 Å². The fraction of sp³-hybridized carbons (Fsp3) is 0.467. The predicted molar refractivity (Wildman–Crippen MR) is 78.1 cm³/mol. The van der Waals surface area contributed by atoms with Gasteiger partial charge in [-0.1, -0.05) is 30.3 Å². The Morgan fingerprint density at radius 1 is 1.14 bits per heavy atom. The van der Waals surface area contributed by atoms with Crippen LogP contribution in [-0.4, -0.2) is 30.2 Å². The second kappa shape index (κ2) is 8.52. The van der Waals surface area contributed by atoms with E-state index in [0.29, 0.717) is 0 Å². The van der Waals surface area contributed by atoms with Gasteiger partial charge in [-0.3, -0.25) is 4.79 Å². The van der Waals surface area contributed by atoms with Crippen molar-refractivity contribution in [2.45, 2.75) is 32.5 Å². The minimum atomic E-state index is -1.00. The van der Waals surface area contributed by atoms with Crippen LogP contribution in [0.25, 0.3) is 0 Å². The molecule has 0 aliphatic carbocycles. The number of ether oxygens (including phenoxy) is 3. The monoisotopic (exact) mass is 314 g/mol. The molecule has 0 N–H and O–H groups in total. The summed E-state index contributed by atoms with van der Waals surface area (Å²) in [5, 5.41) is 0. The highest BCUT2D eigenvalue weighted by atomic mass is 35.5. The molecule has 0 aromatic heterocycles. The number of alkyl halides is 1. The molecule has 0 saturated carbocycles. The number of benzene rings is 1. The Labute approximate surface area is 129 Å². The summed E-state index contributed by atoms with van der Waals surface area (Å²) in [6.07, 6.45) is -0.910. The van der Waals surface area contributed by atoms with E-state index in [9.17, 15) is 9.59 Å². The average molecular weight is 315 g/mol. The highest BCUT2D eigenvalue weighted by Gasteiger charge is 2.28. The molecule has 0 bridgehead atoms. The number of hydrogen-bond donors (Lipinski definition) is 0. The summed E-state index contributed by atoms with van der Waals surface area (Å²) in [6, 6.07) is 9.33. The maximum atomic E-state index is 11.8. The molecule has 0 heterocycles. The molecule has 6 heteroatoms. The van der Waals surface area contributed by atoms with Gasteiger partial charge in [-0.2, -0.15) is 0 Å². The van der Waals surface area contributed by atoms with Gasteiger partial charge in [0.15, 0.2) is 0 Å². The van der Waals surface area contributed by atoms with Crippen LogP contribution in [-0.2, 0) is 25.6 Å². The maximum absolute atomic E-state index is 11.8. The van der Waals surface area contributed by atoms with E-state index in [4.69, 9.17) is 25.8 Å². The summed E-state index contributed by atoms with van der Waals surface area (Å²) in [5.74, 6) is -0.261. The van der Waals surface area contributed by atoms with Gasteiger partial charge < -0.3 is 14.2 Å². The molecular weight excluding hydrogens is 296 g/mol. The topological polar surface area (TPSA) is 61.8 Å². The quantitative estimate of drug-likeness (QED) is 0.571. The lowest BCUT2D eigenvalue weighted by Crippen LogP contribution is -2.32. The van der Waals surface area contributed by atoms with E-state index >= 15 is 0 Å². The summed E-state index contributed by atoms with van der Waals surface area (Å²) >= 11 is 5.39. The summed E-state index contributed by atoms with van der Waals surface area (Å²) in [5.41, 5.74) is -0.108. The fourth-order valence-corrected chi connectivity index (χ4v) is 1.63. The molecular formula is C15H19ClO5. The smallest absolute Gasteiger partial charge is 0.461 e. The summed E-state index contributed by atoms with van der Waals surface area (Å²) in [6.45, 7) is 3.47. The van der Waals surface area contributed by atoms with Gasteiger partial charge in [-0.25, -0.2) is 4.79 Å². The zero-order chi connectivity index (χ0) is 15.7. The number of rotatable bonds is 7. The molecule has 116 valence electrons. The Kier molecular flexibility index (Phi) is 7.02. The van der Waals surface area contributed by atoms with Crippen molar-refractivity contribution in [3.63, 3.8) is 0 Å². The summed E-state index contributed by atoms with van der Waals surface area (Å²) in [4.78, 5) is 23.1. The number of hydrogen-bond acceptors (Lipinski definition) is 5. The fourth-order valence-electron chi connectivity index (χ4n) is 1.55. The van der Waals surface area contributed by atoms with Crippen molar-refractivity contribution in [2.75, 3.05) is 12.5 Å². The largest absolute Gasteiger partial charge is 0.508 e. The van der Waals surface area contributed by atoms with Crippen LogP contribution in [0.4, 0.5) is 4.79 Å². The third kappa shape index (κ3) is 7.56. The van der Waals surface area contributed by atoms with Crippen LogP contribution >= 0.6 is 11.6 Å². The lowest BCUT2D eigenvalue weighted by molar-refractivity contribution is -0.150. The average Bonchev–Trinajstić information content (AvgIpc) is 2.43. The normalized spacial score (nSPS) is 10.8. The van der Waals surface area contributed by atoms with Crippen molar-refractivity contribution >= 4 is 23.7 Å². The third-order valence-electron chi connectivity index (χ3n) is 2.47. The van der Waals surface area contributed by atoms with Gasteiger partial charge in [0, 0.05) is 0 Å². The first-order valence-corrected chi connectivity index (χ1v) is 7.08. The molecule has 0 fully saturated rings. The third-order valence-corrected chi connectivity index (χ3v) is 2.62. The van der Waals surface area contributed by atoms with Gasteiger partial charge in [0.2, 0.25) is 0 Å². The first-order valence-electron chi connectivity index (χ1n) is 6.54. The van der Waals surface area contributed by atoms with Gasteiger partial charge in [0.1, 0.15) is 18.8 Å². The van der Waals surface area contributed by atoms with Crippen LogP contribution in [0, 0.1) is 0 Å². The second-order valence-corrected chi connectivity index (χ2v) is 5.35. The molecule has 0 aliphatic heterocycles. The predicted octanol–water partition coefficient (Wildman–Crippen LogP) is 3.29. The summed E-state index contributed by atoms with van der Waals surface area (Å²) < 4.78 is 14.9. The SMILES string of the molecule is CC(C)(CC(=O)OCc1ccccc1)OC(=O)OCCCl. The van der Waals surface area contributed by atoms with E-state index in [-0.39, 0.29) is 25.5 Å². The Bertz CT molecular complexity index is 458. The minimum Gasteiger partial charge on any atom is -0.461 e. The van der Waals surface area contributed by atoms with Gasteiger partial charge >= 0.3 is 12.1 Å². The highest BCUT2D eigenvalue weighted by molar-refractivity contribution is 6.18. The lowest BCUT2D eigenvalue weighted by Gasteiger charge is -2.23. The van der Waals surface area contributed by atoms with Gasteiger partial charge in [-0.05, 0) is 19.4 Å². The number of esters is 1. The van der Waals surface area contributed by atoms with Gasteiger partial charge in [-0.15, -0.1) is 11.6 Å². The van der Waals surface area contributed by atoms with Crippen LogP contribution in [0.15, 0.2) is 30.3 Å². The van der Waals surface area contributed by atoms with Crippen molar-refractivity contribution in [2.24, 2.45) is 0 Å². The van der Waals surface area contributed by atoms with Crippen LogP contribution in [0.2, 0.25) is 0 Å². The molecule has 21 heavy (non-hydrogen) atoms. The summed E-state index contributed by atoms with van der Waals surface area (Å²) in [7, 11) is 0. The van der Waals surface area contributed by atoms with Crippen LogP contribution in [0.3, 0.4) is 0 Å². The molecule has 1 aromatic carbocycles. The molecule has 1 rings (SSSR count). The number of carbonyl (C=O) groups is 2. The molecule has 0 unspecified atom stereocenters. The Morgan fingerprint density at radius 3 is 2.43 bits per heavy atom. The standard InChI is InChI=1S/C15H19ClO5/c1-15(2,21-14(18)19-9-8-16)10-13(17)20-11-12-6-4-3-5-7-12/h3-7H,8-11H2,1-2H3. The molecule has 0 atom stereocenters. The number of carbonyl (C=O) groups excluding carboxylic acids is 2. The molecule has 1 aromatic rings. The molecule has 0 radical (unpaired) electrons. The molecule has 0 aliphatic rings. The van der Waals surface area contributed by atoms with E-state index in [0.717, 1.165) is 5.56 Å². The van der Waals surface area contributed by atoms with Crippen LogP contribution in [0.1, 0.15) is 25.8 Å². The van der Waals surface area contributed by atoms with E-state index in [2.05, 4.69) is 0 Å². The van der Waals surface area contributed by atoms with Gasteiger partial charge in [0.05, 0.1) is 12.3 Å². The molecule has 0 amide bonds. The highest BCUT2D eigenvalue weighted by Crippen LogP contribution is 2.17. The van der Waals surface area contributed by atoms with Crippen LogP contribution in [0.5, 0.6) is 0 Å². The van der Waals surface area contributed by atoms with E-state index < -0.39 is 17.7 Å². The van der Waals surface area contributed by atoms with E-state index in [1.54, 1.807) is 13.8 Å². The van der Waals surface area contributed by atoms with Crippen molar-refractivity contribution in [3.8, 4) is 0 Å². The zero-order valence-corrected chi connectivity index (χ0v) is 12.9. The number of halogens is 1. The van der Waals surface area contributed by atoms with E-state index in [1.165, 1.54) is 0 Å². The molecule has 0 saturated heterocycles. The first kappa shape index (κ1) is 17.3. The lowest BCUT2D eigenvalue weighted by atomic mass is 10.1. The van der Waals surface area contributed by atoms with E-state index in [1.807, 2.05) is 30.3 Å². The minimum absolute atomic E-state index is 0.0597. The van der Waals surface area contributed by atoms with Crippen molar-refractivity contribution in [3.05, 3.63) is 35.9 Å². The first-order chi connectivity index (χ1) is 9.93. The van der Waals surface area contributed by atoms with Crippen molar-refractivity contribution < 1.29 is 23.8 Å². The van der Waals surface area contributed by atoms with Gasteiger partial charge in [0.25, 0.3) is 0 Å². The van der Waals surface area contributed by atoms with Crippen LogP contribution < -0.4 is 0 Å². The van der Waals surface area contributed by atoms with Crippen molar-refractivity contribution in [1.29, 1.82) is 0 Å². The molecule has 5 nitrogen and oxygen atoms in total. The Hall–Kier alpha value is -1.75. The zero-order valence-electron chi connectivity index (χ0n) is 12.1. The Balaban J connectivity index is 2.36. The Morgan fingerprint density at radius 2 is 1.81 bits per heavy atom. The maximum Gasteiger partial charge on any atom is 0.508 e. The molecule has 0 spiro atoms. The second-order valence-electron chi connectivity index (χ2n) is 4.97.